The number of carbonyl (C=O) groups is 2. The molecule has 4 aromatic rings. The van der Waals surface area contributed by atoms with Crippen molar-refractivity contribution >= 4 is 11.9 Å². The van der Waals surface area contributed by atoms with Crippen molar-refractivity contribution in [2.75, 3.05) is 6.61 Å². The van der Waals surface area contributed by atoms with Crippen LogP contribution in [0.25, 0.3) is 22.8 Å². The second-order valence-electron chi connectivity index (χ2n) is 10.1. The van der Waals surface area contributed by atoms with Crippen LogP contribution in [0.1, 0.15) is 81.6 Å². The summed E-state index contributed by atoms with van der Waals surface area (Å²) in [6, 6.07) is 11.0. The molecule has 0 aliphatic carbocycles. The van der Waals surface area contributed by atoms with Gasteiger partial charge in [0.15, 0.2) is 11.8 Å². The summed E-state index contributed by atoms with van der Waals surface area (Å²) < 4.78 is 36.7. The summed E-state index contributed by atoms with van der Waals surface area (Å²) >= 11 is 0. The number of carbonyl (C=O) groups excluding carboxylic acids is 2. The number of benzene rings is 2. The number of nitrogens with two attached hydrogens (primary N) is 1. The van der Waals surface area contributed by atoms with Crippen molar-refractivity contribution in [2.24, 2.45) is 5.73 Å². The molecule has 42 heavy (non-hydrogen) atoms. The normalized spacial score (nSPS) is 13.4. The van der Waals surface area contributed by atoms with Crippen LogP contribution in [0.3, 0.4) is 0 Å². The van der Waals surface area contributed by atoms with Crippen molar-refractivity contribution in [1.29, 1.82) is 0 Å². The lowest BCUT2D eigenvalue weighted by molar-refractivity contribution is -0.150. The van der Waals surface area contributed by atoms with Gasteiger partial charge < -0.3 is 23.8 Å². The highest BCUT2D eigenvalue weighted by Gasteiger charge is 2.33. The van der Waals surface area contributed by atoms with Crippen LogP contribution < -0.4 is 15.8 Å². The molecule has 0 saturated carbocycles. The van der Waals surface area contributed by atoms with Crippen molar-refractivity contribution in [3.05, 3.63) is 65.6 Å². The molecule has 0 saturated heterocycles. The van der Waals surface area contributed by atoms with E-state index in [2.05, 4.69) is 25.6 Å². The molecular weight excluding hydrogens is 547 g/mol. The monoisotopic (exact) mass is 580 g/mol. The number of ether oxygens (including phenoxy) is 2. The fourth-order valence-corrected chi connectivity index (χ4v) is 3.76. The van der Waals surface area contributed by atoms with Crippen LogP contribution in [-0.2, 0) is 9.53 Å². The minimum Gasteiger partial charge on any atom is -0.481 e. The molecule has 0 spiro atoms. The Morgan fingerprint density at radius 3 is 2.21 bits per heavy atom. The zero-order valence-corrected chi connectivity index (χ0v) is 24.0. The lowest BCUT2D eigenvalue weighted by atomic mass is 10.1. The number of esters is 1. The van der Waals surface area contributed by atoms with E-state index >= 15 is 0 Å². The van der Waals surface area contributed by atoms with E-state index in [-0.39, 0.29) is 35.4 Å². The average Bonchev–Trinajstić information content (AvgIpc) is 3.65. The molecule has 0 radical (unpaired) electrons. The summed E-state index contributed by atoms with van der Waals surface area (Å²) in [5, 5.41) is 10.3. The fraction of sp³-hybridized carbons (Fsp3) is 0.379. The Bertz CT molecular complexity index is 1530. The van der Waals surface area contributed by atoms with E-state index in [1.54, 1.807) is 12.1 Å². The number of amides is 1. The summed E-state index contributed by atoms with van der Waals surface area (Å²) in [5.74, 6) is -0.528. The lowest BCUT2D eigenvalue weighted by Crippen LogP contribution is -2.60. The lowest BCUT2D eigenvalue weighted by Gasteiger charge is -2.24. The van der Waals surface area contributed by atoms with E-state index in [1.165, 1.54) is 19.1 Å². The number of rotatable bonds is 12. The van der Waals surface area contributed by atoms with Crippen LogP contribution in [0.4, 0.5) is 4.39 Å². The molecule has 3 N–H and O–H groups in total. The summed E-state index contributed by atoms with van der Waals surface area (Å²) in [7, 11) is 0. The molecule has 2 heterocycles. The minimum absolute atomic E-state index is 0.109. The van der Waals surface area contributed by atoms with Crippen molar-refractivity contribution in [3.8, 4) is 28.5 Å². The SMILES string of the molecule is CCCOC(=O)[C@](C)(N)NC(=O)c1ccc(-c2noc(C(CC)Oc3ccc(-c4noc(C(C)C)n4)cc3)n2)cc1F. The van der Waals surface area contributed by atoms with Crippen LogP contribution in [0.5, 0.6) is 5.75 Å². The molecule has 12 nitrogen and oxygen atoms in total. The van der Waals surface area contributed by atoms with Gasteiger partial charge in [-0.25, -0.2) is 9.18 Å². The second-order valence-corrected chi connectivity index (χ2v) is 10.1. The quantitative estimate of drug-likeness (QED) is 0.172. The molecule has 4 rings (SSSR count). The first-order valence-corrected chi connectivity index (χ1v) is 13.5. The van der Waals surface area contributed by atoms with Crippen LogP contribution in [0.15, 0.2) is 51.5 Å². The zero-order valence-electron chi connectivity index (χ0n) is 24.0. The maximum absolute atomic E-state index is 14.9. The molecule has 13 heteroatoms. The molecule has 1 unspecified atom stereocenters. The first-order chi connectivity index (χ1) is 20.0. The first kappa shape index (κ1) is 30.3. The van der Waals surface area contributed by atoms with E-state index in [0.29, 0.717) is 30.3 Å². The molecular formula is C29H33FN6O6. The van der Waals surface area contributed by atoms with Gasteiger partial charge in [0.05, 0.1) is 12.2 Å². The van der Waals surface area contributed by atoms with Crippen LogP contribution in [0, 0.1) is 5.82 Å². The van der Waals surface area contributed by atoms with Crippen LogP contribution in [0.2, 0.25) is 0 Å². The molecule has 0 aliphatic rings. The molecule has 222 valence electrons. The highest BCUT2D eigenvalue weighted by Crippen LogP contribution is 2.28. The number of hydrogen-bond donors (Lipinski definition) is 2. The Kier molecular flexibility index (Phi) is 9.31. The van der Waals surface area contributed by atoms with Crippen LogP contribution >= 0.6 is 0 Å². The van der Waals surface area contributed by atoms with Crippen molar-refractivity contribution < 1.29 is 32.5 Å². The molecule has 0 bridgehead atoms. The highest BCUT2D eigenvalue weighted by atomic mass is 19.1. The maximum Gasteiger partial charge on any atom is 0.346 e. The van der Waals surface area contributed by atoms with Gasteiger partial charge in [0.2, 0.25) is 17.5 Å². The van der Waals surface area contributed by atoms with Gasteiger partial charge in [-0.15, -0.1) is 0 Å². The smallest absolute Gasteiger partial charge is 0.346 e. The molecule has 0 aliphatic heterocycles. The molecule has 2 aromatic heterocycles. The third-order valence-corrected chi connectivity index (χ3v) is 6.12. The summed E-state index contributed by atoms with van der Waals surface area (Å²) in [6.45, 7) is 9.08. The van der Waals surface area contributed by atoms with Crippen molar-refractivity contribution in [3.63, 3.8) is 0 Å². The van der Waals surface area contributed by atoms with E-state index in [9.17, 15) is 14.0 Å². The van der Waals surface area contributed by atoms with E-state index in [4.69, 9.17) is 24.3 Å². The van der Waals surface area contributed by atoms with Crippen molar-refractivity contribution in [1.82, 2.24) is 25.6 Å². The van der Waals surface area contributed by atoms with Gasteiger partial charge >= 0.3 is 5.97 Å². The van der Waals surface area contributed by atoms with E-state index in [0.717, 1.165) is 11.6 Å². The summed E-state index contributed by atoms with van der Waals surface area (Å²) in [5.41, 5.74) is 4.77. The maximum atomic E-state index is 14.9. The number of aromatic nitrogens is 4. The number of nitrogens with one attached hydrogen (secondary N) is 1. The third kappa shape index (κ3) is 6.97. The van der Waals surface area contributed by atoms with Crippen LogP contribution in [-0.4, -0.2) is 44.4 Å². The topological polar surface area (TPSA) is 168 Å². The van der Waals surface area contributed by atoms with Crippen molar-refractivity contribution in [2.45, 2.75) is 65.1 Å². The highest BCUT2D eigenvalue weighted by molar-refractivity contribution is 5.98. The summed E-state index contributed by atoms with van der Waals surface area (Å²) in [4.78, 5) is 33.5. The number of halogens is 1. The standard InChI is InChI=1S/C29H33FN6O6/c1-6-14-39-28(38)29(5,31)34-25(37)20-13-10-18(15-21(20)30)24-33-27(42-36-24)22(7-2)40-19-11-8-17(9-12-19)23-32-26(16(3)4)41-35-23/h8-13,15-16,22H,6-7,14,31H2,1-5H3,(H,34,37)/t22?,29-/m1/s1. The zero-order chi connectivity index (χ0) is 30.4. The van der Waals surface area contributed by atoms with Gasteiger partial charge in [-0.2, -0.15) is 9.97 Å². The van der Waals surface area contributed by atoms with Gasteiger partial charge in [0.1, 0.15) is 11.6 Å². The molecule has 1 amide bonds. The van der Waals surface area contributed by atoms with Gasteiger partial charge in [-0.3, -0.25) is 10.5 Å². The number of nitrogens with zero attached hydrogens (tertiary/aromatic N) is 4. The Labute approximate surface area is 241 Å². The Hall–Kier alpha value is -4.65. The predicted molar refractivity (Wildman–Crippen MR) is 148 cm³/mol. The first-order valence-electron chi connectivity index (χ1n) is 13.5. The van der Waals surface area contributed by atoms with E-state index < -0.39 is 29.5 Å². The third-order valence-electron chi connectivity index (χ3n) is 6.12. The largest absolute Gasteiger partial charge is 0.481 e. The fourth-order valence-electron chi connectivity index (χ4n) is 3.76. The van der Waals surface area contributed by atoms with Gasteiger partial charge in [-0.1, -0.05) is 44.1 Å². The molecule has 2 aromatic carbocycles. The van der Waals surface area contributed by atoms with Gasteiger partial charge in [0, 0.05) is 17.0 Å². The molecule has 0 fully saturated rings. The minimum atomic E-state index is -1.83. The summed E-state index contributed by atoms with van der Waals surface area (Å²) in [6.07, 6.45) is 0.529. The Morgan fingerprint density at radius 2 is 1.62 bits per heavy atom. The second kappa shape index (κ2) is 12.9. The Balaban J connectivity index is 1.43. The molecule has 2 atom stereocenters. The van der Waals surface area contributed by atoms with E-state index in [1.807, 2.05) is 39.8 Å². The average molecular weight is 581 g/mol. The Morgan fingerprint density at radius 1 is 1.00 bits per heavy atom. The van der Waals surface area contributed by atoms with Gasteiger partial charge in [-0.05, 0) is 56.2 Å². The predicted octanol–water partition coefficient (Wildman–Crippen LogP) is 4.94. The van der Waals surface area contributed by atoms with Gasteiger partial charge in [0.25, 0.3) is 11.8 Å². The number of hydrogen-bond acceptors (Lipinski definition) is 11.